The summed E-state index contributed by atoms with van der Waals surface area (Å²) in [6.07, 6.45) is 0. The van der Waals surface area contributed by atoms with Crippen LogP contribution in [0.25, 0.3) is 0 Å². The highest BCUT2D eigenvalue weighted by atomic mass is 16.6. The van der Waals surface area contributed by atoms with Crippen LogP contribution in [0.3, 0.4) is 0 Å². The maximum atomic E-state index is 12.6. The summed E-state index contributed by atoms with van der Waals surface area (Å²) in [5, 5.41) is 12.6. The third-order valence-electron chi connectivity index (χ3n) is 8.93. The van der Waals surface area contributed by atoms with Crippen molar-refractivity contribution in [3.8, 4) is 0 Å². The Morgan fingerprint density at radius 1 is 0.581 bits per heavy atom. The summed E-state index contributed by atoms with van der Waals surface area (Å²) >= 11 is 0. The molecule has 0 N–H and O–H groups in total. The van der Waals surface area contributed by atoms with Crippen LogP contribution in [0.1, 0.15) is 40.3 Å². The molecule has 0 fully saturated rings. The van der Waals surface area contributed by atoms with Crippen molar-refractivity contribution in [2.75, 3.05) is 4.90 Å². The number of benzene rings is 6. The second kappa shape index (κ2) is 10.4. The van der Waals surface area contributed by atoms with E-state index in [0.29, 0.717) is 5.69 Å². The van der Waals surface area contributed by atoms with E-state index in [4.69, 9.17) is 0 Å². The van der Waals surface area contributed by atoms with E-state index >= 15 is 0 Å². The van der Waals surface area contributed by atoms with Crippen LogP contribution in [-0.4, -0.2) is 4.92 Å². The van der Waals surface area contributed by atoms with Gasteiger partial charge in [-0.1, -0.05) is 152 Å². The summed E-state index contributed by atoms with van der Waals surface area (Å²) in [4.78, 5) is 14.5. The van der Waals surface area contributed by atoms with E-state index in [1.165, 1.54) is 0 Å². The number of rotatable bonds is 7. The lowest BCUT2D eigenvalue weighted by molar-refractivity contribution is -0.384. The molecular weight excluding hydrogens is 528 g/mol. The Morgan fingerprint density at radius 2 is 1.05 bits per heavy atom. The Bertz CT molecular complexity index is 1830. The minimum absolute atomic E-state index is 0.0697. The number of nitrogens with zero attached hydrogens (tertiary/aromatic N) is 2. The number of nitro groups is 1. The lowest BCUT2D eigenvalue weighted by atomic mass is 9.63. The van der Waals surface area contributed by atoms with Crippen LogP contribution in [-0.2, 0) is 11.0 Å². The van der Waals surface area contributed by atoms with Crippen LogP contribution in [0.4, 0.5) is 17.1 Å². The Labute approximate surface area is 251 Å². The molecule has 0 atom stereocenters. The lowest BCUT2D eigenvalue weighted by Crippen LogP contribution is -2.55. The van der Waals surface area contributed by atoms with Crippen LogP contribution >= 0.6 is 0 Å². The van der Waals surface area contributed by atoms with Gasteiger partial charge in [-0.05, 0) is 40.8 Å². The van der Waals surface area contributed by atoms with Gasteiger partial charge in [0.15, 0.2) is 0 Å². The van der Waals surface area contributed by atoms with Crippen molar-refractivity contribution >= 4 is 17.1 Å². The number of hydrogen-bond donors (Lipinski definition) is 0. The van der Waals surface area contributed by atoms with Gasteiger partial charge in [-0.3, -0.25) is 10.1 Å². The predicted octanol–water partition coefficient (Wildman–Crippen LogP) is 9.39. The molecule has 43 heavy (non-hydrogen) atoms. The zero-order chi connectivity index (χ0) is 29.4. The van der Waals surface area contributed by atoms with Crippen LogP contribution in [0, 0.1) is 10.1 Å². The average Bonchev–Trinajstić information content (AvgIpc) is 3.07. The van der Waals surface area contributed by atoms with Gasteiger partial charge in [0.05, 0.1) is 10.6 Å². The van der Waals surface area contributed by atoms with E-state index in [-0.39, 0.29) is 10.6 Å². The van der Waals surface area contributed by atoms with Gasteiger partial charge in [-0.25, -0.2) is 0 Å². The van der Waals surface area contributed by atoms with Crippen molar-refractivity contribution in [1.29, 1.82) is 0 Å². The molecule has 1 aliphatic heterocycles. The topological polar surface area (TPSA) is 46.4 Å². The SMILES string of the molecule is CC(c1ccccc1)(c1ccccc1)c1cccc2c1N(c1ccccc1[N+](=O)[O-])C2(c1ccccc1)c1ccccc1. The summed E-state index contributed by atoms with van der Waals surface area (Å²) in [5.41, 5.74) is 6.87. The Morgan fingerprint density at radius 3 is 1.56 bits per heavy atom. The highest BCUT2D eigenvalue weighted by Gasteiger charge is 2.56. The Kier molecular flexibility index (Phi) is 6.40. The molecule has 0 unspecified atom stereocenters. The molecule has 0 spiro atoms. The highest BCUT2D eigenvalue weighted by molar-refractivity contribution is 5.92. The van der Waals surface area contributed by atoms with E-state index in [0.717, 1.165) is 39.1 Å². The van der Waals surface area contributed by atoms with Gasteiger partial charge in [0.2, 0.25) is 0 Å². The van der Waals surface area contributed by atoms with Crippen LogP contribution in [0.15, 0.2) is 164 Å². The number of fused-ring (bicyclic) bond motifs is 1. The average molecular weight is 559 g/mol. The first-order valence-electron chi connectivity index (χ1n) is 14.5. The largest absolute Gasteiger partial charge is 0.316 e. The fourth-order valence-corrected chi connectivity index (χ4v) is 6.94. The molecule has 0 aliphatic carbocycles. The van der Waals surface area contributed by atoms with Gasteiger partial charge in [-0.2, -0.15) is 0 Å². The highest BCUT2D eigenvalue weighted by Crippen LogP contribution is 2.63. The third kappa shape index (κ3) is 3.91. The number of nitro benzene ring substituents is 1. The van der Waals surface area contributed by atoms with Crippen LogP contribution < -0.4 is 4.90 Å². The van der Waals surface area contributed by atoms with Crippen molar-refractivity contribution in [1.82, 2.24) is 0 Å². The second-order valence-electron chi connectivity index (χ2n) is 11.1. The Hall–Kier alpha value is -5.48. The lowest BCUT2D eigenvalue weighted by Gasteiger charge is -2.57. The van der Waals surface area contributed by atoms with Gasteiger partial charge >= 0.3 is 0 Å². The van der Waals surface area contributed by atoms with E-state index in [1.807, 2.05) is 60.7 Å². The number of para-hydroxylation sites is 3. The molecule has 6 aromatic rings. The first-order valence-corrected chi connectivity index (χ1v) is 14.5. The first kappa shape index (κ1) is 26.4. The molecule has 7 rings (SSSR count). The van der Waals surface area contributed by atoms with Crippen molar-refractivity contribution < 1.29 is 4.92 Å². The van der Waals surface area contributed by atoms with E-state index in [2.05, 4.69) is 103 Å². The smallest absolute Gasteiger partial charge is 0.292 e. The summed E-state index contributed by atoms with van der Waals surface area (Å²) in [7, 11) is 0. The zero-order valence-electron chi connectivity index (χ0n) is 23.8. The molecule has 0 saturated heterocycles. The summed E-state index contributed by atoms with van der Waals surface area (Å²) in [6.45, 7) is 2.26. The fourth-order valence-electron chi connectivity index (χ4n) is 6.94. The maximum Gasteiger partial charge on any atom is 0.292 e. The number of hydrogen-bond acceptors (Lipinski definition) is 3. The van der Waals surface area contributed by atoms with Crippen molar-refractivity contribution in [3.63, 3.8) is 0 Å². The zero-order valence-corrected chi connectivity index (χ0v) is 23.8. The minimum Gasteiger partial charge on any atom is -0.316 e. The maximum absolute atomic E-state index is 12.6. The molecule has 1 aliphatic rings. The van der Waals surface area contributed by atoms with Gasteiger partial charge in [0.25, 0.3) is 5.69 Å². The molecule has 6 aromatic carbocycles. The molecule has 0 bridgehead atoms. The quantitative estimate of drug-likeness (QED) is 0.111. The Balaban J connectivity index is 1.63. The molecule has 0 aromatic heterocycles. The van der Waals surface area contributed by atoms with Gasteiger partial charge in [0.1, 0.15) is 11.2 Å². The van der Waals surface area contributed by atoms with E-state index in [1.54, 1.807) is 12.1 Å². The summed E-state index contributed by atoms with van der Waals surface area (Å²) in [5.74, 6) is 0. The standard InChI is InChI=1S/C39H30N2O2/c1-38(29-17-6-2-7-18-29,30-19-8-3-9-20-30)33-25-16-26-34-37(33)40(35-27-14-15-28-36(35)41(42)43)39(34,31-21-10-4-11-22-31)32-23-12-5-13-24-32/h2-28H,1H3. The van der Waals surface area contributed by atoms with Crippen molar-refractivity contribution in [2.45, 2.75) is 17.9 Å². The first-order chi connectivity index (χ1) is 21.1. The van der Waals surface area contributed by atoms with Gasteiger partial charge < -0.3 is 4.90 Å². The second-order valence-corrected chi connectivity index (χ2v) is 11.1. The molecule has 0 radical (unpaired) electrons. The molecule has 0 amide bonds. The summed E-state index contributed by atoms with van der Waals surface area (Å²) in [6, 6.07) is 55.3. The van der Waals surface area contributed by atoms with Crippen LogP contribution in [0.5, 0.6) is 0 Å². The van der Waals surface area contributed by atoms with Crippen molar-refractivity contribution in [2.24, 2.45) is 0 Å². The van der Waals surface area contributed by atoms with E-state index in [9.17, 15) is 10.1 Å². The molecule has 0 saturated carbocycles. The van der Waals surface area contributed by atoms with Crippen LogP contribution in [0.2, 0.25) is 0 Å². The molecular formula is C39H30N2O2. The molecule has 4 heteroatoms. The normalized spacial score (nSPS) is 13.6. The monoisotopic (exact) mass is 558 g/mol. The third-order valence-corrected chi connectivity index (χ3v) is 8.93. The predicted molar refractivity (Wildman–Crippen MR) is 173 cm³/mol. The molecule has 1 heterocycles. The summed E-state index contributed by atoms with van der Waals surface area (Å²) < 4.78 is 0. The van der Waals surface area contributed by atoms with Crippen molar-refractivity contribution in [3.05, 3.63) is 207 Å². The number of anilines is 2. The van der Waals surface area contributed by atoms with Gasteiger partial charge in [0, 0.05) is 17.0 Å². The minimum atomic E-state index is -0.783. The van der Waals surface area contributed by atoms with E-state index < -0.39 is 11.0 Å². The van der Waals surface area contributed by atoms with Gasteiger partial charge in [-0.15, -0.1) is 0 Å². The fraction of sp³-hybridized carbons (Fsp3) is 0.0769. The molecule has 208 valence electrons. The molecule has 4 nitrogen and oxygen atoms in total.